The number of benzene rings is 1. The third-order valence-electron chi connectivity index (χ3n) is 2.22. The van der Waals surface area contributed by atoms with Crippen molar-refractivity contribution in [3.05, 3.63) is 34.1 Å². The normalized spacial score (nSPS) is 11.8. The number of nitrogens with zero attached hydrogens (tertiary/aromatic N) is 4. The minimum Gasteiger partial charge on any atom is -0.375 e. The predicted octanol–water partition coefficient (Wildman–Crippen LogP) is 2.01. The molecule has 2 rings (SSSR count). The van der Waals surface area contributed by atoms with Gasteiger partial charge in [0, 0.05) is 10.2 Å². The molecule has 0 radical (unpaired) electrons. The predicted molar refractivity (Wildman–Crippen MR) is 65.1 cm³/mol. The zero-order chi connectivity index (χ0) is 12.3. The molecule has 2 N–H and O–H groups in total. The SMILES string of the molecule is CC(Nc1ccc(C#N)c(Br)c1)c1nn[nH]n1. The molecule has 0 bridgehead atoms. The van der Waals surface area contributed by atoms with Crippen molar-refractivity contribution in [3.63, 3.8) is 0 Å². The van der Waals surface area contributed by atoms with E-state index in [0.29, 0.717) is 11.4 Å². The van der Waals surface area contributed by atoms with E-state index in [1.54, 1.807) is 6.07 Å². The van der Waals surface area contributed by atoms with Crippen molar-refractivity contribution in [1.82, 2.24) is 20.6 Å². The molecule has 2 aromatic rings. The summed E-state index contributed by atoms with van der Waals surface area (Å²) >= 11 is 3.33. The Morgan fingerprint density at radius 2 is 2.35 bits per heavy atom. The first-order valence-electron chi connectivity index (χ1n) is 4.90. The lowest BCUT2D eigenvalue weighted by Crippen LogP contribution is -2.08. The second kappa shape index (κ2) is 4.93. The second-order valence-corrected chi connectivity index (χ2v) is 4.30. The van der Waals surface area contributed by atoms with Gasteiger partial charge in [0.15, 0.2) is 5.82 Å². The van der Waals surface area contributed by atoms with Crippen LogP contribution < -0.4 is 5.32 Å². The zero-order valence-electron chi connectivity index (χ0n) is 8.98. The first-order chi connectivity index (χ1) is 8.20. The fourth-order valence-corrected chi connectivity index (χ4v) is 1.83. The molecule has 0 amide bonds. The van der Waals surface area contributed by atoms with Crippen molar-refractivity contribution in [2.75, 3.05) is 5.32 Å². The summed E-state index contributed by atoms with van der Waals surface area (Å²) < 4.78 is 0.755. The summed E-state index contributed by atoms with van der Waals surface area (Å²) in [6.45, 7) is 1.93. The summed E-state index contributed by atoms with van der Waals surface area (Å²) in [6.07, 6.45) is 0. The number of anilines is 1. The number of hydrogen-bond acceptors (Lipinski definition) is 5. The highest BCUT2D eigenvalue weighted by molar-refractivity contribution is 9.10. The van der Waals surface area contributed by atoms with E-state index in [4.69, 9.17) is 5.26 Å². The maximum Gasteiger partial charge on any atom is 0.196 e. The molecular formula is C10H9BrN6. The Morgan fingerprint density at radius 1 is 1.53 bits per heavy atom. The molecule has 6 nitrogen and oxygen atoms in total. The Labute approximate surface area is 106 Å². The summed E-state index contributed by atoms with van der Waals surface area (Å²) in [5.74, 6) is 0.588. The van der Waals surface area contributed by atoms with Gasteiger partial charge in [-0.25, -0.2) is 0 Å². The molecule has 0 saturated heterocycles. The fourth-order valence-electron chi connectivity index (χ4n) is 1.36. The quantitative estimate of drug-likeness (QED) is 0.903. The van der Waals surface area contributed by atoms with E-state index >= 15 is 0 Å². The number of nitriles is 1. The van der Waals surface area contributed by atoms with Crippen molar-refractivity contribution in [2.45, 2.75) is 13.0 Å². The Hall–Kier alpha value is -1.94. The summed E-state index contributed by atoms with van der Waals surface area (Å²) in [5, 5.41) is 25.7. The van der Waals surface area contributed by atoms with Crippen LogP contribution in [0.2, 0.25) is 0 Å². The summed E-state index contributed by atoms with van der Waals surface area (Å²) in [5.41, 5.74) is 1.48. The summed E-state index contributed by atoms with van der Waals surface area (Å²) in [4.78, 5) is 0. The van der Waals surface area contributed by atoms with Gasteiger partial charge >= 0.3 is 0 Å². The van der Waals surface area contributed by atoms with E-state index < -0.39 is 0 Å². The van der Waals surface area contributed by atoms with Crippen molar-refractivity contribution in [3.8, 4) is 6.07 Å². The van der Waals surface area contributed by atoms with Gasteiger partial charge in [-0.15, -0.1) is 10.2 Å². The number of hydrogen-bond donors (Lipinski definition) is 2. The number of halogens is 1. The lowest BCUT2D eigenvalue weighted by atomic mass is 10.2. The van der Waals surface area contributed by atoms with Crippen LogP contribution in [0.1, 0.15) is 24.4 Å². The zero-order valence-corrected chi connectivity index (χ0v) is 10.6. The van der Waals surface area contributed by atoms with Crippen LogP contribution in [0.4, 0.5) is 5.69 Å². The van der Waals surface area contributed by atoms with Crippen molar-refractivity contribution < 1.29 is 0 Å². The first-order valence-corrected chi connectivity index (χ1v) is 5.69. The van der Waals surface area contributed by atoms with Gasteiger partial charge < -0.3 is 5.32 Å². The maximum absolute atomic E-state index is 8.81. The highest BCUT2D eigenvalue weighted by Gasteiger charge is 2.10. The Kier molecular flexibility index (Phi) is 3.35. The molecular weight excluding hydrogens is 284 g/mol. The molecule has 1 aromatic carbocycles. The minimum atomic E-state index is -0.0615. The van der Waals surface area contributed by atoms with Gasteiger partial charge in [-0.2, -0.15) is 10.5 Å². The largest absolute Gasteiger partial charge is 0.375 e. The Balaban J connectivity index is 2.15. The number of tetrazole rings is 1. The number of rotatable bonds is 3. The van der Waals surface area contributed by atoms with Crippen molar-refractivity contribution in [2.24, 2.45) is 0 Å². The molecule has 1 unspecified atom stereocenters. The molecule has 0 aliphatic heterocycles. The number of H-pyrrole nitrogens is 1. The van der Waals surface area contributed by atoms with E-state index in [0.717, 1.165) is 10.2 Å². The second-order valence-electron chi connectivity index (χ2n) is 3.44. The van der Waals surface area contributed by atoms with Gasteiger partial charge in [-0.3, -0.25) is 0 Å². The standard InChI is InChI=1S/C10H9BrN6/c1-6(10-14-16-17-15-10)13-8-3-2-7(5-12)9(11)4-8/h2-4,6,13H,1H3,(H,14,15,16,17). The van der Waals surface area contributed by atoms with Crippen LogP contribution in [-0.4, -0.2) is 20.6 Å². The maximum atomic E-state index is 8.81. The van der Waals surface area contributed by atoms with Crippen molar-refractivity contribution >= 4 is 21.6 Å². The molecule has 1 atom stereocenters. The van der Waals surface area contributed by atoms with Crippen LogP contribution >= 0.6 is 15.9 Å². The molecule has 0 aliphatic carbocycles. The van der Waals surface area contributed by atoms with Gasteiger partial charge in [0.05, 0.1) is 11.6 Å². The average molecular weight is 293 g/mol. The van der Waals surface area contributed by atoms with Crippen LogP contribution in [0.25, 0.3) is 0 Å². The van der Waals surface area contributed by atoms with E-state index in [-0.39, 0.29) is 6.04 Å². The lowest BCUT2D eigenvalue weighted by Gasteiger charge is -2.11. The summed E-state index contributed by atoms with van der Waals surface area (Å²) in [6, 6.07) is 7.45. The van der Waals surface area contributed by atoms with Gasteiger partial charge in [0.2, 0.25) is 0 Å². The van der Waals surface area contributed by atoms with Gasteiger partial charge in [0.1, 0.15) is 6.07 Å². The number of aromatic amines is 1. The van der Waals surface area contributed by atoms with Crippen LogP contribution in [0, 0.1) is 11.3 Å². The van der Waals surface area contributed by atoms with Crippen LogP contribution in [-0.2, 0) is 0 Å². The third-order valence-corrected chi connectivity index (χ3v) is 2.88. The molecule has 7 heteroatoms. The topological polar surface area (TPSA) is 90.3 Å². The minimum absolute atomic E-state index is 0.0615. The van der Waals surface area contributed by atoms with Crippen LogP contribution in [0.3, 0.4) is 0 Å². The lowest BCUT2D eigenvalue weighted by molar-refractivity contribution is 0.793. The molecule has 0 saturated carbocycles. The van der Waals surface area contributed by atoms with Gasteiger partial charge in [-0.1, -0.05) is 5.21 Å². The van der Waals surface area contributed by atoms with E-state index in [2.05, 4.69) is 47.9 Å². The Bertz CT molecular complexity index is 544. The summed E-state index contributed by atoms with van der Waals surface area (Å²) in [7, 11) is 0. The van der Waals surface area contributed by atoms with Crippen molar-refractivity contribution in [1.29, 1.82) is 5.26 Å². The molecule has 0 aliphatic rings. The average Bonchev–Trinajstić information content (AvgIpc) is 2.82. The molecule has 17 heavy (non-hydrogen) atoms. The van der Waals surface area contributed by atoms with Crippen LogP contribution in [0.5, 0.6) is 0 Å². The molecule has 1 heterocycles. The highest BCUT2D eigenvalue weighted by Crippen LogP contribution is 2.23. The monoisotopic (exact) mass is 292 g/mol. The highest BCUT2D eigenvalue weighted by atomic mass is 79.9. The fraction of sp³-hybridized carbons (Fsp3) is 0.200. The number of nitrogens with one attached hydrogen (secondary N) is 2. The van der Waals surface area contributed by atoms with Gasteiger partial charge in [-0.05, 0) is 41.1 Å². The third kappa shape index (κ3) is 2.60. The van der Waals surface area contributed by atoms with E-state index in [1.165, 1.54) is 0 Å². The van der Waals surface area contributed by atoms with Crippen LogP contribution in [0.15, 0.2) is 22.7 Å². The molecule has 86 valence electrons. The molecule has 0 spiro atoms. The number of aromatic nitrogens is 4. The van der Waals surface area contributed by atoms with E-state index in [1.807, 2.05) is 19.1 Å². The first kappa shape index (κ1) is 11.5. The smallest absolute Gasteiger partial charge is 0.196 e. The molecule has 0 fully saturated rings. The van der Waals surface area contributed by atoms with Gasteiger partial charge in [0.25, 0.3) is 0 Å². The molecule has 1 aromatic heterocycles. The van der Waals surface area contributed by atoms with E-state index in [9.17, 15) is 0 Å². The Morgan fingerprint density at radius 3 is 2.94 bits per heavy atom.